The van der Waals surface area contributed by atoms with Gasteiger partial charge < -0.3 is 15.1 Å². The number of halogens is 2. The summed E-state index contributed by atoms with van der Waals surface area (Å²) in [5, 5.41) is 3.76. The molecule has 1 aliphatic heterocycles. The number of benzene rings is 2. The van der Waals surface area contributed by atoms with Crippen LogP contribution in [0.5, 0.6) is 0 Å². The number of likely N-dealkylation sites (N-methyl/N-ethyl adjacent to an activating group) is 1. The normalized spacial score (nSPS) is 15.3. The van der Waals surface area contributed by atoms with Gasteiger partial charge in [-0.2, -0.15) is 0 Å². The summed E-state index contributed by atoms with van der Waals surface area (Å²) in [6.45, 7) is 6.22. The third-order valence-electron chi connectivity index (χ3n) is 4.47. The van der Waals surface area contributed by atoms with Crippen molar-refractivity contribution in [3.63, 3.8) is 0 Å². The molecule has 132 valence electrons. The second-order valence-electron chi connectivity index (χ2n) is 6.37. The van der Waals surface area contributed by atoms with Gasteiger partial charge in [-0.3, -0.25) is 4.79 Å². The number of anilines is 2. The molecule has 1 N–H and O–H groups in total. The lowest BCUT2D eigenvalue weighted by Gasteiger charge is -2.35. The molecule has 1 fully saturated rings. The third-order valence-corrected chi connectivity index (χ3v) is 5.04. The van der Waals surface area contributed by atoms with E-state index < -0.39 is 0 Å². The molecular weight excluding hydrogens is 357 g/mol. The van der Waals surface area contributed by atoms with Crippen LogP contribution in [0.4, 0.5) is 11.4 Å². The Labute approximate surface area is 158 Å². The van der Waals surface area contributed by atoms with E-state index in [2.05, 4.69) is 35.2 Å². The van der Waals surface area contributed by atoms with Crippen molar-refractivity contribution in [3.8, 4) is 0 Å². The van der Waals surface area contributed by atoms with Crippen LogP contribution in [0.15, 0.2) is 36.4 Å². The summed E-state index contributed by atoms with van der Waals surface area (Å²) >= 11 is 12.1. The number of aryl methyl sites for hydroxylation is 1. The number of nitrogens with one attached hydrogen (secondary N) is 1. The summed E-state index contributed by atoms with van der Waals surface area (Å²) in [7, 11) is 2.14. The molecule has 0 bridgehead atoms. The van der Waals surface area contributed by atoms with Crippen molar-refractivity contribution < 1.29 is 4.79 Å². The number of nitrogens with zero attached hydrogens (tertiary/aromatic N) is 2. The van der Waals surface area contributed by atoms with E-state index in [9.17, 15) is 4.79 Å². The molecule has 0 aliphatic carbocycles. The first-order valence-electron chi connectivity index (χ1n) is 8.24. The number of carbonyl (C=O) groups is 1. The average Bonchev–Trinajstić information content (AvgIpc) is 2.58. The predicted octanol–water partition coefficient (Wildman–Crippen LogP) is 4.31. The third kappa shape index (κ3) is 4.27. The van der Waals surface area contributed by atoms with Crippen LogP contribution in [-0.2, 0) is 0 Å². The highest BCUT2D eigenvalue weighted by Gasteiger charge is 2.17. The van der Waals surface area contributed by atoms with Gasteiger partial charge in [0.25, 0.3) is 5.91 Å². The maximum atomic E-state index is 12.5. The van der Waals surface area contributed by atoms with Crippen LogP contribution in [0, 0.1) is 6.92 Å². The van der Waals surface area contributed by atoms with Crippen LogP contribution < -0.4 is 10.2 Å². The second-order valence-corrected chi connectivity index (χ2v) is 7.21. The molecule has 2 aromatic carbocycles. The summed E-state index contributed by atoms with van der Waals surface area (Å²) in [6.07, 6.45) is 0. The minimum absolute atomic E-state index is 0.265. The molecule has 0 aromatic heterocycles. The molecule has 0 spiro atoms. The number of amides is 1. The molecule has 0 radical (unpaired) electrons. The highest BCUT2D eigenvalue weighted by atomic mass is 35.5. The highest BCUT2D eigenvalue weighted by molar-refractivity contribution is 6.36. The Kier molecular flexibility index (Phi) is 5.52. The molecule has 1 heterocycles. The first kappa shape index (κ1) is 18.1. The van der Waals surface area contributed by atoms with Crippen LogP contribution in [-0.4, -0.2) is 44.0 Å². The van der Waals surface area contributed by atoms with Gasteiger partial charge in [0.15, 0.2) is 0 Å². The lowest BCUT2D eigenvalue weighted by Crippen LogP contribution is -2.44. The number of piperazine rings is 1. The Morgan fingerprint density at radius 3 is 2.44 bits per heavy atom. The standard InChI is InChI=1S/C19H21Cl2N3O/c1-13-11-15(4-6-18(13)24-9-7-23(2)8-10-24)22-19(25)16-12-14(20)3-5-17(16)21/h3-6,11-12H,7-10H2,1-2H3,(H,22,25). The van der Waals surface area contributed by atoms with Gasteiger partial charge in [0.05, 0.1) is 10.6 Å². The lowest BCUT2D eigenvalue weighted by atomic mass is 10.1. The molecule has 1 amide bonds. The Morgan fingerprint density at radius 1 is 1.04 bits per heavy atom. The first-order chi connectivity index (χ1) is 11.9. The fourth-order valence-electron chi connectivity index (χ4n) is 3.01. The van der Waals surface area contributed by atoms with Gasteiger partial charge >= 0.3 is 0 Å². The zero-order valence-electron chi connectivity index (χ0n) is 14.4. The number of carbonyl (C=O) groups excluding carboxylic acids is 1. The van der Waals surface area contributed by atoms with E-state index in [1.54, 1.807) is 18.2 Å². The van der Waals surface area contributed by atoms with E-state index >= 15 is 0 Å². The van der Waals surface area contributed by atoms with Crippen LogP contribution >= 0.6 is 23.2 Å². The van der Waals surface area contributed by atoms with Crippen molar-refractivity contribution in [2.75, 3.05) is 43.4 Å². The van der Waals surface area contributed by atoms with Gasteiger partial charge in [-0.15, -0.1) is 0 Å². The van der Waals surface area contributed by atoms with Gasteiger partial charge in [0, 0.05) is 42.6 Å². The van der Waals surface area contributed by atoms with Crippen molar-refractivity contribution in [1.29, 1.82) is 0 Å². The van der Waals surface area contributed by atoms with Gasteiger partial charge in [-0.25, -0.2) is 0 Å². The quantitative estimate of drug-likeness (QED) is 0.865. The summed E-state index contributed by atoms with van der Waals surface area (Å²) < 4.78 is 0. The summed E-state index contributed by atoms with van der Waals surface area (Å²) in [5.41, 5.74) is 3.47. The van der Waals surface area contributed by atoms with Gasteiger partial charge in [-0.1, -0.05) is 23.2 Å². The van der Waals surface area contributed by atoms with Gasteiger partial charge in [0.1, 0.15) is 0 Å². The lowest BCUT2D eigenvalue weighted by molar-refractivity contribution is 0.102. The zero-order chi connectivity index (χ0) is 18.0. The topological polar surface area (TPSA) is 35.6 Å². The van der Waals surface area contributed by atoms with E-state index in [0.717, 1.165) is 37.4 Å². The summed E-state index contributed by atoms with van der Waals surface area (Å²) in [4.78, 5) is 17.2. The SMILES string of the molecule is Cc1cc(NC(=O)c2cc(Cl)ccc2Cl)ccc1N1CCN(C)CC1. The van der Waals surface area contributed by atoms with Crippen molar-refractivity contribution in [2.45, 2.75) is 6.92 Å². The van der Waals surface area contributed by atoms with Crippen molar-refractivity contribution in [3.05, 3.63) is 57.6 Å². The van der Waals surface area contributed by atoms with E-state index in [0.29, 0.717) is 15.6 Å². The van der Waals surface area contributed by atoms with Crippen LogP contribution in [0.1, 0.15) is 15.9 Å². The van der Waals surface area contributed by atoms with Crippen LogP contribution in [0.3, 0.4) is 0 Å². The first-order valence-corrected chi connectivity index (χ1v) is 9.00. The fourth-order valence-corrected chi connectivity index (χ4v) is 3.38. The Morgan fingerprint density at radius 2 is 1.76 bits per heavy atom. The van der Waals surface area contributed by atoms with Crippen molar-refractivity contribution >= 4 is 40.5 Å². The summed E-state index contributed by atoms with van der Waals surface area (Å²) in [6, 6.07) is 10.8. The van der Waals surface area contributed by atoms with E-state index in [1.807, 2.05) is 12.1 Å². The van der Waals surface area contributed by atoms with E-state index in [1.165, 1.54) is 5.69 Å². The van der Waals surface area contributed by atoms with E-state index in [4.69, 9.17) is 23.2 Å². The van der Waals surface area contributed by atoms with Crippen LogP contribution in [0.2, 0.25) is 10.0 Å². The molecule has 0 saturated carbocycles. The molecule has 1 aliphatic rings. The minimum atomic E-state index is -0.265. The molecule has 2 aromatic rings. The Hall–Kier alpha value is -1.75. The fraction of sp³-hybridized carbons (Fsp3) is 0.316. The number of hydrogen-bond acceptors (Lipinski definition) is 3. The van der Waals surface area contributed by atoms with E-state index in [-0.39, 0.29) is 5.91 Å². The molecule has 1 saturated heterocycles. The number of hydrogen-bond donors (Lipinski definition) is 1. The van der Waals surface area contributed by atoms with Crippen molar-refractivity contribution in [2.24, 2.45) is 0 Å². The number of rotatable bonds is 3. The molecule has 0 atom stereocenters. The maximum Gasteiger partial charge on any atom is 0.257 e. The zero-order valence-corrected chi connectivity index (χ0v) is 15.9. The maximum absolute atomic E-state index is 12.5. The average molecular weight is 378 g/mol. The molecule has 25 heavy (non-hydrogen) atoms. The second kappa shape index (κ2) is 7.65. The van der Waals surface area contributed by atoms with Gasteiger partial charge in [-0.05, 0) is 55.9 Å². The Balaban J connectivity index is 1.74. The Bertz CT molecular complexity index is 786. The van der Waals surface area contributed by atoms with Crippen LogP contribution in [0.25, 0.3) is 0 Å². The molecule has 0 unspecified atom stereocenters. The largest absolute Gasteiger partial charge is 0.369 e. The predicted molar refractivity (Wildman–Crippen MR) is 105 cm³/mol. The monoisotopic (exact) mass is 377 g/mol. The molecule has 3 rings (SSSR count). The summed E-state index contributed by atoms with van der Waals surface area (Å²) in [5.74, 6) is -0.265. The molecular formula is C19H21Cl2N3O. The smallest absolute Gasteiger partial charge is 0.257 e. The highest BCUT2D eigenvalue weighted by Crippen LogP contribution is 2.26. The minimum Gasteiger partial charge on any atom is -0.369 e. The van der Waals surface area contributed by atoms with Gasteiger partial charge in [0.2, 0.25) is 0 Å². The molecule has 6 heteroatoms. The van der Waals surface area contributed by atoms with Crippen molar-refractivity contribution in [1.82, 2.24) is 4.90 Å². The molecule has 4 nitrogen and oxygen atoms in total.